The van der Waals surface area contributed by atoms with E-state index in [-0.39, 0.29) is 23.2 Å². The van der Waals surface area contributed by atoms with E-state index in [0.717, 1.165) is 31.7 Å². The van der Waals surface area contributed by atoms with Crippen molar-refractivity contribution in [3.63, 3.8) is 0 Å². The van der Waals surface area contributed by atoms with Crippen molar-refractivity contribution in [2.24, 2.45) is 0 Å². The molecule has 1 amide bonds. The van der Waals surface area contributed by atoms with Crippen LogP contribution in [0.4, 0.5) is 24.8 Å². The average Bonchev–Trinajstić information content (AvgIpc) is 2.89. The predicted octanol–water partition coefficient (Wildman–Crippen LogP) is 4.56. The fraction of sp³-hybridized carbons (Fsp3) is 0.421. The summed E-state index contributed by atoms with van der Waals surface area (Å²) in [6.45, 7) is 3.02. The quantitative estimate of drug-likeness (QED) is 0.850. The standard InChI is InChI=1S/C19H21F3N4O/c1-13-12-16(17(27)26-10-6-2-3-7-11-26)25-18(23-13)24-15-9-5-4-8-14(15)19(20,21)22/h4-5,8-9,12H,2-3,6-7,10-11H2,1H3,(H,23,24,25). The van der Waals surface area contributed by atoms with Gasteiger partial charge in [-0.3, -0.25) is 4.79 Å². The highest BCUT2D eigenvalue weighted by molar-refractivity contribution is 5.92. The van der Waals surface area contributed by atoms with Gasteiger partial charge in [-0.15, -0.1) is 0 Å². The molecule has 144 valence electrons. The number of hydrogen-bond donors (Lipinski definition) is 1. The molecule has 1 aliphatic heterocycles. The van der Waals surface area contributed by atoms with Crippen LogP contribution in [0.25, 0.3) is 0 Å². The molecule has 2 heterocycles. The summed E-state index contributed by atoms with van der Waals surface area (Å²) in [6, 6.07) is 6.68. The molecule has 27 heavy (non-hydrogen) atoms. The molecule has 0 radical (unpaired) electrons. The molecule has 0 aliphatic carbocycles. The molecule has 0 atom stereocenters. The van der Waals surface area contributed by atoms with Crippen molar-refractivity contribution >= 4 is 17.5 Å². The summed E-state index contributed by atoms with van der Waals surface area (Å²) >= 11 is 0. The van der Waals surface area contributed by atoms with Crippen molar-refractivity contribution in [2.75, 3.05) is 18.4 Å². The molecule has 1 N–H and O–H groups in total. The first kappa shape index (κ1) is 19.1. The van der Waals surface area contributed by atoms with Crippen LogP contribution in [0.1, 0.15) is 47.4 Å². The number of rotatable bonds is 3. The molecule has 1 aromatic heterocycles. The van der Waals surface area contributed by atoms with Gasteiger partial charge in [0.2, 0.25) is 5.95 Å². The lowest BCUT2D eigenvalue weighted by Crippen LogP contribution is -2.32. The summed E-state index contributed by atoms with van der Waals surface area (Å²) in [5.74, 6) is -0.237. The van der Waals surface area contributed by atoms with Crippen molar-refractivity contribution in [3.05, 3.63) is 47.3 Å². The minimum Gasteiger partial charge on any atom is -0.337 e. The number of para-hydroxylation sites is 1. The first-order chi connectivity index (χ1) is 12.8. The number of carbonyl (C=O) groups excluding carboxylic acids is 1. The number of nitrogens with zero attached hydrogens (tertiary/aromatic N) is 3. The molecule has 0 saturated carbocycles. The van der Waals surface area contributed by atoms with Crippen molar-refractivity contribution < 1.29 is 18.0 Å². The van der Waals surface area contributed by atoms with Crippen LogP contribution >= 0.6 is 0 Å². The lowest BCUT2D eigenvalue weighted by atomic mass is 10.1. The number of benzene rings is 1. The Kier molecular flexibility index (Phi) is 5.62. The Hall–Kier alpha value is -2.64. The zero-order chi connectivity index (χ0) is 19.4. The second-order valence-corrected chi connectivity index (χ2v) is 6.59. The molecule has 0 spiro atoms. The predicted molar refractivity (Wildman–Crippen MR) is 95.9 cm³/mol. The van der Waals surface area contributed by atoms with Gasteiger partial charge in [-0.1, -0.05) is 25.0 Å². The summed E-state index contributed by atoms with van der Waals surface area (Å²) in [4.78, 5) is 22.8. The third-order valence-corrected chi connectivity index (χ3v) is 4.45. The molecular weight excluding hydrogens is 357 g/mol. The fourth-order valence-corrected chi connectivity index (χ4v) is 3.13. The van der Waals surface area contributed by atoms with Gasteiger partial charge in [-0.25, -0.2) is 9.97 Å². The first-order valence-electron chi connectivity index (χ1n) is 8.93. The van der Waals surface area contributed by atoms with E-state index in [1.807, 2.05) is 0 Å². The summed E-state index contributed by atoms with van der Waals surface area (Å²) < 4.78 is 39.5. The number of aromatic nitrogens is 2. The van der Waals surface area contributed by atoms with Crippen LogP contribution in [-0.4, -0.2) is 33.9 Å². The monoisotopic (exact) mass is 378 g/mol. The second kappa shape index (κ2) is 7.94. The smallest absolute Gasteiger partial charge is 0.337 e. The van der Waals surface area contributed by atoms with Crippen molar-refractivity contribution in [2.45, 2.75) is 38.8 Å². The van der Waals surface area contributed by atoms with E-state index in [1.54, 1.807) is 17.9 Å². The lowest BCUT2D eigenvalue weighted by molar-refractivity contribution is -0.136. The van der Waals surface area contributed by atoms with Gasteiger partial charge in [0.1, 0.15) is 5.69 Å². The third-order valence-electron chi connectivity index (χ3n) is 4.45. The van der Waals surface area contributed by atoms with E-state index < -0.39 is 11.7 Å². The zero-order valence-electron chi connectivity index (χ0n) is 15.0. The number of likely N-dealkylation sites (tertiary alicyclic amines) is 1. The van der Waals surface area contributed by atoms with Gasteiger partial charge in [-0.05, 0) is 38.0 Å². The van der Waals surface area contributed by atoms with Gasteiger partial charge in [0.15, 0.2) is 0 Å². The van der Waals surface area contributed by atoms with Crippen LogP contribution in [0, 0.1) is 6.92 Å². The van der Waals surface area contributed by atoms with Crippen LogP contribution in [0.2, 0.25) is 0 Å². The topological polar surface area (TPSA) is 58.1 Å². The molecule has 1 saturated heterocycles. The fourth-order valence-electron chi connectivity index (χ4n) is 3.13. The molecule has 1 aromatic carbocycles. The number of hydrogen-bond acceptors (Lipinski definition) is 4. The second-order valence-electron chi connectivity index (χ2n) is 6.59. The molecule has 1 aliphatic rings. The van der Waals surface area contributed by atoms with Gasteiger partial charge < -0.3 is 10.2 Å². The van der Waals surface area contributed by atoms with Crippen molar-refractivity contribution in [1.82, 2.24) is 14.9 Å². The Morgan fingerprint density at radius 1 is 1.07 bits per heavy atom. The Morgan fingerprint density at radius 3 is 2.41 bits per heavy atom. The van der Waals surface area contributed by atoms with Gasteiger partial charge in [0, 0.05) is 18.8 Å². The van der Waals surface area contributed by atoms with Crippen LogP contribution in [0.15, 0.2) is 30.3 Å². The van der Waals surface area contributed by atoms with E-state index in [4.69, 9.17) is 0 Å². The molecule has 1 fully saturated rings. The highest BCUT2D eigenvalue weighted by Crippen LogP contribution is 2.35. The molecule has 3 rings (SSSR count). The van der Waals surface area contributed by atoms with E-state index in [1.165, 1.54) is 18.2 Å². The maximum Gasteiger partial charge on any atom is 0.418 e. The molecule has 2 aromatic rings. The SMILES string of the molecule is Cc1cc(C(=O)N2CCCCCC2)nc(Nc2ccccc2C(F)(F)F)n1. The maximum absolute atomic E-state index is 13.2. The van der Waals surface area contributed by atoms with Gasteiger partial charge in [0.25, 0.3) is 5.91 Å². The van der Waals surface area contributed by atoms with Gasteiger partial charge >= 0.3 is 6.18 Å². The first-order valence-corrected chi connectivity index (χ1v) is 8.93. The highest BCUT2D eigenvalue weighted by atomic mass is 19.4. The number of nitrogens with one attached hydrogen (secondary N) is 1. The summed E-state index contributed by atoms with van der Waals surface area (Å²) in [5.41, 5.74) is -0.258. The Balaban J connectivity index is 1.87. The van der Waals surface area contributed by atoms with Crippen LogP contribution in [-0.2, 0) is 6.18 Å². The largest absolute Gasteiger partial charge is 0.418 e. The van der Waals surface area contributed by atoms with Gasteiger partial charge in [0.05, 0.1) is 11.3 Å². The molecule has 5 nitrogen and oxygen atoms in total. The van der Waals surface area contributed by atoms with E-state index in [9.17, 15) is 18.0 Å². The minimum absolute atomic E-state index is 0.0233. The number of halogens is 3. The summed E-state index contributed by atoms with van der Waals surface area (Å²) in [5, 5.41) is 2.62. The minimum atomic E-state index is -4.50. The maximum atomic E-state index is 13.2. The number of amides is 1. The number of alkyl halides is 3. The van der Waals surface area contributed by atoms with E-state index in [0.29, 0.717) is 18.8 Å². The number of anilines is 2. The van der Waals surface area contributed by atoms with E-state index in [2.05, 4.69) is 15.3 Å². The Bertz CT molecular complexity index is 815. The lowest BCUT2D eigenvalue weighted by Gasteiger charge is -2.20. The Morgan fingerprint density at radius 2 is 1.74 bits per heavy atom. The average molecular weight is 378 g/mol. The van der Waals surface area contributed by atoms with Crippen molar-refractivity contribution in [1.29, 1.82) is 0 Å². The highest BCUT2D eigenvalue weighted by Gasteiger charge is 2.33. The van der Waals surface area contributed by atoms with Crippen LogP contribution in [0.5, 0.6) is 0 Å². The van der Waals surface area contributed by atoms with Crippen LogP contribution in [0.3, 0.4) is 0 Å². The molecule has 8 heteroatoms. The molecule has 0 bridgehead atoms. The normalized spacial score (nSPS) is 15.3. The zero-order valence-corrected chi connectivity index (χ0v) is 15.0. The molecule has 0 unspecified atom stereocenters. The number of aryl methyl sites for hydroxylation is 1. The van der Waals surface area contributed by atoms with Crippen LogP contribution < -0.4 is 5.32 Å². The van der Waals surface area contributed by atoms with Gasteiger partial charge in [-0.2, -0.15) is 13.2 Å². The Labute approximate surface area is 155 Å². The summed E-state index contributed by atoms with van der Waals surface area (Å²) in [6.07, 6.45) is -0.431. The van der Waals surface area contributed by atoms with Crippen molar-refractivity contribution in [3.8, 4) is 0 Å². The molecular formula is C19H21F3N4O. The summed E-state index contributed by atoms with van der Waals surface area (Å²) in [7, 11) is 0. The van der Waals surface area contributed by atoms with E-state index >= 15 is 0 Å². The third kappa shape index (κ3) is 4.75. The number of carbonyl (C=O) groups is 1.